The zero-order valence-electron chi connectivity index (χ0n) is 14.6. The maximum Gasteiger partial charge on any atom is 0.338 e. The summed E-state index contributed by atoms with van der Waals surface area (Å²) in [5, 5.41) is 0. The number of hydrogen-bond acceptors (Lipinski definition) is 5. The fraction of sp³-hybridized carbons (Fsp3) is 0.474. The number of benzene rings is 1. The third-order valence-corrected chi connectivity index (χ3v) is 4.96. The molecule has 1 heterocycles. The first-order chi connectivity index (χ1) is 12.0. The second-order valence-corrected chi connectivity index (χ2v) is 6.75. The first-order valence-corrected chi connectivity index (χ1v) is 8.68. The topological polar surface area (TPSA) is 72.4 Å². The monoisotopic (exact) mass is 341 g/mol. The van der Waals surface area contributed by atoms with Gasteiger partial charge in [0.05, 0.1) is 16.6 Å². The summed E-state index contributed by atoms with van der Waals surface area (Å²) in [5.41, 5.74) is 1.70. The molecule has 6 nitrogen and oxygen atoms in total. The van der Waals surface area contributed by atoms with E-state index in [1.165, 1.54) is 0 Å². The van der Waals surface area contributed by atoms with Crippen LogP contribution in [0.4, 0.5) is 0 Å². The molecular weight excluding hydrogens is 318 g/mol. The summed E-state index contributed by atoms with van der Waals surface area (Å²) in [5.74, 6) is 0.0497. The molecule has 1 amide bonds. The maximum absolute atomic E-state index is 12.3. The average Bonchev–Trinajstić information content (AvgIpc) is 2.65. The Morgan fingerprint density at radius 1 is 1.12 bits per heavy atom. The Balaban J connectivity index is 1.56. The minimum atomic E-state index is -0.522. The van der Waals surface area contributed by atoms with Crippen LogP contribution in [0.3, 0.4) is 0 Å². The van der Waals surface area contributed by atoms with Crippen molar-refractivity contribution in [2.75, 3.05) is 13.7 Å². The lowest BCUT2D eigenvalue weighted by Gasteiger charge is -2.33. The van der Waals surface area contributed by atoms with Crippen molar-refractivity contribution in [3.05, 3.63) is 36.2 Å². The SMILES string of the molecule is CC1CCC(N(C)C(=O)COC(=O)c2ccc3nccnc3c2)CC1. The molecule has 1 aromatic carbocycles. The van der Waals surface area contributed by atoms with Crippen molar-refractivity contribution in [3.8, 4) is 0 Å². The quantitative estimate of drug-likeness (QED) is 0.800. The van der Waals surface area contributed by atoms with Crippen LogP contribution in [0.1, 0.15) is 43.0 Å². The number of esters is 1. The molecule has 25 heavy (non-hydrogen) atoms. The van der Waals surface area contributed by atoms with E-state index in [1.54, 1.807) is 42.5 Å². The van der Waals surface area contributed by atoms with Crippen LogP contribution < -0.4 is 0 Å². The van der Waals surface area contributed by atoms with E-state index < -0.39 is 5.97 Å². The molecule has 0 saturated heterocycles. The molecule has 1 aromatic heterocycles. The molecule has 0 aliphatic heterocycles. The first kappa shape index (κ1) is 17.3. The number of ether oxygens (including phenoxy) is 1. The lowest BCUT2D eigenvalue weighted by molar-refractivity contribution is -0.136. The van der Waals surface area contributed by atoms with Crippen LogP contribution in [0.15, 0.2) is 30.6 Å². The Morgan fingerprint density at radius 3 is 2.52 bits per heavy atom. The molecule has 0 radical (unpaired) electrons. The van der Waals surface area contributed by atoms with Gasteiger partial charge in [0.1, 0.15) is 0 Å². The third-order valence-electron chi connectivity index (χ3n) is 4.96. The molecule has 1 aliphatic carbocycles. The number of carbonyl (C=O) groups is 2. The van der Waals surface area contributed by atoms with E-state index in [-0.39, 0.29) is 18.6 Å². The number of likely N-dealkylation sites (N-methyl/N-ethyl adjacent to an activating group) is 1. The van der Waals surface area contributed by atoms with Crippen molar-refractivity contribution in [1.82, 2.24) is 14.9 Å². The van der Waals surface area contributed by atoms with Crippen molar-refractivity contribution in [2.45, 2.75) is 38.6 Å². The van der Waals surface area contributed by atoms with E-state index in [0.717, 1.165) is 31.6 Å². The Morgan fingerprint density at radius 2 is 1.80 bits per heavy atom. The Hall–Kier alpha value is -2.50. The average molecular weight is 341 g/mol. The van der Waals surface area contributed by atoms with Crippen LogP contribution in [0, 0.1) is 5.92 Å². The molecular formula is C19H23N3O3. The summed E-state index contributed by atoms with van der Waals surface area (Å²) in [4.78, 5) is 34.5. The maximum atomic E-state index is 12.3. The summed E-state index contributed by atoms with van der Waals surface area (Å²) in [7, 11) is 1.79. The van der Waals surface area contributed by atoms with E-state index in [2.05, 4.69) is 16.9 Å². The highest BCUT2D eigenvalue weighted by atomic mass is 16.5. The second-order valence-electron chi connectivity index (χ2n) is 6.75. The number of rotatable bonds is 4. The molecule has 1 aliphatic rings. The highest BCUT2D eigenvalue weighted by Gasteiger charge is 2.25. The van der Waals surface area contributed by atoms with Gasteiger partial charge in [-0.15, -0.1) is 0 Å². The van der Waals surface area contributed by atoms with Gasteiger partial charge in [-0.1, -0.05) is 6.92 Å². The van der Waals surface area contributed by atoms with Gasteiger partial charge in [0, 0.05) is 25.5 Å². The number of amides is 1. The number of aromatic nitrogens is 2. The van der Waals surface area contributed by atoms with Gasteiger partial charge in [-0.2, -0.15) is 0 Å². The Bertz CT molecular complexity index is 769. The lowest BCUT2D eigenvalue weighted by atomic mass is 9.87. The highest BCUT2D eigenvalue weighted by molar-refractivity contribution is 5.94. The van der Waals surface area contributed by atoms with E-state index >= 15 is 0 Å². The minimum Gasteiger partial charge on any atom is -0.452 e. The van der Waals surface area contributed by atoms with Crippen molar-refractivity contribution in [3.63, 3.8) is 0 Å². The van der Waals surface area contributed by atoms with Crippen LogP contribution >= 0.6 is 0 Å². The standard InChI is InChI=1S/C19H23N3O3/c1-13-3-6-15(7-4-13)22(2)18(23)12-25-19(24)14-5-8-16-17(11-14)21-10-9-20-16/h5,8-11,13,15H,3-4,6-7,12H2,1-2H3. The fourth-order valence-electron chi connectivity index (χ4n) is 3.24. The number of fused-ring (bicyclic) bond motifs is 1. The number of carbonyl (C=O) groups excluding carboxylic acids is 2. The summed E-state index contributed by atoms with van der Waals surface area (Å²) < 4.78 is 5.19. The fourth-order valence-corrected chi connectivity index (χ4v) is 3.24. The molecule has 0 atom stereocenters. The van der Waals surface area contributed by atoms with Crippen molar-refractivity contribution >= 4 is 22.9 Å². The van der Waals surface area contributed by atoms with Gasteiger partial charge < -0.3 is 9.64 Å². The van der Waals surface area contributed by atoms with Gasteiger partial charge >= 0.3 is 5.97 Å². The minimum absolute atomic E-state index is 0.159. The van der Waals surface area contributed by atoms with E-state index in [0.29, 0.717) is 16.6 Å². The van der Waals surface area contributed by atoms with Crippen molar-refractivity contribution in [1.29, 1.82) is 0 Å². The predicted octanol–water partition coefficient (Wildman–Crippen LogP) is 2.82. The summed E-state index contributed by atoms with van der Waals surface area (Å²) in [6, 6.07) is 5.23. The molecule has 1 fully saturated rings. The van der Waals surface area contributed by atoms with Gasteiger partial charge in [-0.05, 0) is 49.8 Å². The first-order valence-electron chi connectivity index (χ1n) is 8.68. The second kappa shape index (κ2) is 7.59. The zero-order valence-corrected chi connectivity index (χ0v) is 14.6. The largest absolute Gasteiger partial charge is 0.452 e. The molecule has 0 N–H and O–H groups in total. The summed E-state index contributed by atoms with van der Waals surface area (Å²) >= 11 is 0. The predicted molar refractivity (Wildman–Crippen MR) is 94.0 cm³/mol. The third kappa shape index (κ3) is 4.13. The van der Waals surface area contributed by atoms with Gasteiger partial charge in [-0.25, -0.2) is 4.79 Å². The lowest BCUT2D eigenvalue weighted by Crippen LogP contribution is -2.41. The molecule has 0 unspecified atom stereocenters. The zero-order chi connectivity index (χ0) is 17.8. The van der Waals surface area contributed by atoms with E-state index in [4.69, 9.17) is 4.74 Å². The van der Waals surface area contributed by atoms with Crippen LogP contribution in [0.25, 0.3) is 11.0 Å². The summed E-state index contributed by atoms with van der Waals surface area (Å²) in [6.07, 6.45) is 7.48. The molecule has 6 heteroatoms. The molecule has 0 bridgehead atoms. The van der Waals surface area contributed by atoms with Crippen molar-refractivity contribution < 1.29 is 14.3 Å². The molecule has 2 aromatic rings. The van der Waals surface area contributed by atoms with E-state index in [9.17, 15) is 9.59 Å². The van der Waals surface area contributed by atoms with Crippen LogP contribution in [0.2, 0.25) is 0 Å². The summed E-state index contributed by atoms with van der Waals surface area (Å²) in [6.45, 7) is 2.01. The number of nitrogens with zero attached hydrogens (tertiary/aromatic N) is 3. The van der Waals surface area contributed by atoms with Crippen LogP contribution in [-0.4, -0.2) is 46.4 Å². The number of hydrogen-bond donors (Lipinski definition) is 0. The molecule has 0 spiro atoms. The normalized spacial score (nSPS) is 20.2. The Labute approximate surface area is 147 Å². The van der Waals surface area contributed by atoms with Gasteiger partial charge in [-0.3, -0.25) is 14.8 Å². The Kier molecular flexibility index (Phi) is 5.26. The smallest absolute Gasteiger partial charge is 0.338 e. The van der Waals surface area contributed by atoms with Crippen molar-refractivity contribution in [2.24, 2.45) is 5.92 Å². The highest BCUT2D eigenvalue weighted by Crippen LogP contribution is 2.26. The van der Waals surface area contributed by atoms with E-state index in [1.807, 2.05) is 0 Å². The van der Waals surface area contributed by atoms with Gasteiger partial charge in [0.15, 0.2) is 6.61 Å². The van der Waals surface area contributed by atoms with Gasteiger partial charge in [0.25, 0.3) is 5.91 Å². The molecule has 132 valence electrons. The van der Waals surface area contributed by atoms with Crippen LogP contribution in [0.5, 0.6) is 0 Å². The molecule has 3 rings (SSSR count). The molecule has 1 saturated carbocycles. The van der Waals surface area contributed by atoms with Crippen LogP contribution in [-0.2, 0) is 9.53 Å². The van der Waals surface area contributed by atoms with Gasteiger partial charge in [0.2, 0.25) is 0 Å².